The molecule has 0 radical (unpaired) electrons. The zero-order valence-electron chi connectivity index (χ0n) is 16.7. The van der Waals surface area contributed by atoms with Crippen molar-refractivity contribution in [3.8, 4) is 0 Å². The minimum absolute atomic E-state index is 0.206. The molecule has 0 saturated heterocycles. The Labute approximate surface area is 165 Å². The van der Waals surface area contributed by atoms with E-state index in [4.69, 9.17) is 0 Å². The van der Waals surface area contributed by atoms with Gasteiger partial charge in [0.05, 0.1) is 16.2 Å². The molecule has 0 atom stereocenters. The standard InChI is InChI=1S/C23H25NO2S/c1-13(2)27-21-20(18-9-7-14(3)16(5)11-18)22(25)24(23(21)26)19-10-8-15(4)17(6)12-19/h7-13H,1-6H3. The number of hydrogen-bond acceptors (Lipinski definition) is 3. The lowest BCUT2D eigenvalue weighted by Gasteiger charge is -2.17. The summed E-state index contributed by atoms with van der Waals surface area (Å²) >= 11 is 1.46. The Kier molecular flexibility index (Phi) is 5.29. The molecule has 2 aromatic rings. The summed E-state index contributed by atoms with van der Waals surface area (Å²) < 4.78 is 0. The van der Waals surface area contributed by atoms with Gasteiger partial charge in [-0.2, -0.15) is 0 Å². The Balaban J connectivity index is 2.13. The van der Waals surface area contributed by atoms with E-state index in [0.29, 0.717) is 16.2 Å². The van der Waals surface area contributed by atoms with Crippen molar-refractivity contribution >= 4 is 34.8 Å². The fourth-order valence-electron chi connectivity index (χ4n) is 3.11. The minimum atomic E-state index is -0.241. The SMILES string of the molecule is Cc1ccc(C2=C(SC(C)C)C(=O)N(c3ccc(C)c(C)c3)C2=O)cc1C. The van der Waals surface area contributed by atoms with E-state index < -0.39 is 0 Å². The minimum Gasteiger partial charge on any atom is -0.268 e. The van der Waals surface area contributed by atoms with E-state index in [2.05, 4.69) is 0 Å². The van der Waals surface area contributed by atoms with E-state index in [0.717, 1.165) is 22.3 Å². The zero-order valence-corrected chi connectivity index (χ0v) is 17.5. The van der Waals surface area contributed by atoms with Gasteiger partial charge < -0.3 is 0 Å². The lowest BCUT2D eigenvalue weighted by Crippen LogP contribution is -2.31. The van der Waals surface area contributed by atoms with Gasteiger partial charge in [0.15, 0.2) is 0 Å². The van der Waals surface area contributed by atoms with Gasteiger partial charge in [-0.05, 0) is 67.6 Å². The highest BCUT2D eigenvalue weighted by Gasteiger charge is 2.40. The van der Waals surface area contributed by atoms with Crippen LogP contribution in [0.1, 0.15) is 41.7 Å². The maximum absolute atomic E-state index is 13.3. The largest absolute Gasteiger partial charge is 0.272 e. The molecule has 140 valence electrons. The number of anilines is 1. The van der Waals surface area contributed by atoms with Crippen molar-refractivity contribution in [1.29, 1.82) is 0 Å². The van der Waals surface area contributed by atoms with Crippen LogP contribution in [0.3, 0.4) is 0 Å². The Morgan fingerprint density at radius 1 is 0.778 bits per heavy atom. The van der Waals surface area contributed by atoms with Gasteiger partial charge in [0, 0.05) is 5.25 Å². The van der Waals surface area contributed by atoms with E-state index in [1.807, 2.05) is 77.9 Å². The van der Waals surface area contributed by atoms with Gasteiger partial charge in [0.2, 0.25) is 0 Å². The first-order valence-electron chi connectivity index (χ1n) is 9.15. The van der Waals surface area contributed by atoms with Gasteiger partial charge in [-0.1, -0.05) is 38.1 Å². The third kappa shape index (κ3) is 3.59. The summed E-state index contributed by atoms with van der Waals surface area (Å²) in [6.45, 7) is 12.1. The van der Waals surface area contributed by atoms with Gasteiger partial charge in [-0.3, -0.25) is 9.59 Å². The van der Waals surface area contributed by atoms with Gasteiger partial charge >= 0.3 is 0 Å². The molecule has 0 fully saturated rings. The van der Waals surface area contributed by atoms with Gasteiger partial charge in [0.1, 0.15) is 0 Å². The van der Waals surface area contributed by atoms with Crippen LogP contribution in [0.4, 0.5) is 5.69 Å². The molecular formula is C23H25NO2S. The number of carbonyl (C=O) groups is 2. The summed E-state index contributed by atoms with van der Waals surface area (Å²) in [6, 6.07) is 11.7. The molecule has 0 aromatic heterocycles. The summed E-state index contributed by atoms with van der Waals surface area (Å²) in [6.07, 6.45) is 0. The number of thioether (sulfide) groups is 1. The molecule has 0 bridgehead atoms. The number of rotatable bonds is 4. The van der Waals surface area contributed by atoms with Gasteiger partial charge in [0.25, 0.3) is 11.8 Å². The Bertz CT molecular complexity index is 972. The maximum atomic E-state index is 13.3. The first kappa shape index (κ1) is 19.4. The Morgan fingerprint density at radius 2 is 1.37 bits per heavy atom. The average Bonchev–Trinajstić information content (AvgIpc) is 2.83. The number of benzene rings is 2. The van der Waals surface area contributed by atoms with Crippen LogP contribution in [-0.4, -0.2) is 17.1 Å². The predicted octanol–water partition coefficient (Wildman–Crippen LogP) is 5.35. The third-order valence-corrected chi connectivity index (χ3v) is 6.03. The van der Waals surface area contributed by atoms with E-state index in [1.165, 1.54) is 22.2 Å². The van der Waals surface area contributed by atoms with Crippen LogP contribution < -0.4 is 4.90 Å². The third-order valence-electron chi connectivity index (χ3n) is 4.94. The van der Waals surface area contributed by atoms with Crippen LogP contribution >= 0.6 is 11.8 Å². The second-order valence-corrected chi connectivity index (χ2v) is 8.97. The molecule has 4 heteroatoms. The van der Waals surface area contributed by atoms with Crippen LogP contribution in [0.2, 0.25) is 0 Å². The molecule has 0 aliphatic carbocycles. The topological polar surface area (TPSA) is 37.4 Å². The fraction of sp³-hybridized carbons (Fsp3) is 0.304. The highest BCUT2D eigenvalue weighted by Crippen LogP contribution is 2.40. The second kappa shape index (κ2) is 7.35. The molecule has 3 nitrogen and oxygen atoms in total. The lowest BCUT2D eigenvalue weighted by molar-refractivity contribution is -0.119. The molecule has 0 N–H and O–H groups in total. The van der Waals surface area contributed by atoms with Gasteiger partial charge in [-0.25, -0.2) is 4.90 Å². The van der Waals surface area contributed by atoms with Crippen molar-refractivity contribution in [2.45, 2.75) is 46.8 Å². The van der Waals surface area contributed by atoms with Crippen molar-refractivity contribution in [2.24, 2.45) is 0 Å². The molecular weight excluding hydrogens is 354 g/mol. The number of amides is 2. The molecule has 1 heterocycles. The molecule has 2 amide bonds. The van der Waals surface area contributed by atoms with Crippen molar-refractivity contribution < 1.29 is 9.59 Å². The number of carbonyl (C=O) groups excluding carboxylic acids is 2. The van der Waals surface area contributed by atoms with E-state index in [1.54, 1.807) is 0 Å². The smallest absolute Gasteiger partial charge is 0.268 e. The van der Waals surface area contributed by atoms with E-state index >= 15 is 0 Å². The summed E-state index contributed by atoms with van der Waals surface area (Å²) in [4.78, 5) is 28.4. The molecule has 0 saturated carbocycles. The van der Waals surface area contributed by atoms with E-state index in [9.17, 15) is 9.59 Å². The highest BCUT2D eigenvalue weighted by molar-refractivity contribution is 8.04. The molecule has 3 rings (SSSR count). The number of nitrogens with zero attached hydrogens (tertiary/aromatic N) is 1. The quantitative estimate of drug-likeness (QED) is 0.672. The highest BCUT2D eigenvalue weighted by atomic mass is 32.2. The van der Waals surface area contributed by atoms with Crippen LogP contribution in [0.25, 0.3) is 5.57 Å². The average molecular weight is 380 g/mol. The monoisotopic (exact) mass is 379 g/mol. The first-order chi connectivity index (χ1) is 12.7. The van der Waals surface area contributed by atoms with Crippen LogP contribution in [0, 0.1) is 27.7 Å². The summed E-state index contributed by atoms with van der Waals surface area (Å²) in [5.41, 5.74) is 6.43. The summed E-state index contributed by atoms with van der Waals surface area (Å²) in [5.74, 6) is -0.468. The molecule has 0 unspecified atom stereocenters. The van der Waals surface area contributed by atoms with Crippen molar-refractivity contribution in [3.63, 3.8) is 0 Å². The van der Waals surface area contributed by atoms with Crippen molar-refractivity contribution in [1.82, 2.24) is 0 Å². The van der Waals surface area contributed by atoms with Crippen LogP contribution in [0.15, 0.2) is 41.3 Å². The predicted molar refractivity (Wildman–Crippen MR) is 114 cm³/mol. The number of imide groups is 1. The van der Waals surface area contributed by atoms with Crippen LogP contribution in [0.5, 0.6) is 0 Å². The molecule has 1 aliphatic heterocycles. The van der Waals surface area contributed by atoms with Crippen molar-refractivity contribution in [2.75, 3.05) is 4.90 Å². The summed E-state index contributed by atoms with van der Waals surface area (Å²) in [5, 5.41) is 0.206. The second-order valence-electron chi connectivity index (χ2n) is 7.38. The maximum Gasteiger partial charge on any atom is 0.272 e. The first-order valence-corrected chi connectivity index (χ1v) is 10.0. The van der Waals surface area contributed by atoms with Crippen molar-refractivity contribution in [3.05, 3.63) is 69.1 Å². The Hall–Kier alpha value is -2.33. The fourth-order valence-corrected chi connectivity index (χ4v) is 4.09. The molecule has 2 aromatic carbocycles. The van der Waals surface area contributed by atoms with Crippen LogP contribution in [-0.2, 0) is 9.59 Å². The number of aryl methyl sites for hydroxylation is 4. The van der Waals surface area contributed by atoms with E-state index in [-0.39, 0.29) is 17.1 Å². The lowest BCUT2D eigenvalue weighted by atomic mass is 10.0. The number of hydrogen-bond donors (Lipinski definition) is 0. The summed E-state index contributed by atoms with van der Waals surface area (Å²) in [7, 11) is 0. The zero-order chi connectivity index (χ0) is 19.9. The van der Waals surface area contributed by atoms with Gasteiger partial charge in [-0.15, -0.1) is 11.8 Å². The Morgan fingerprint density at radius 3 is 1.93 bits per heavy atom. The molecule has 0 spiro atoms. The molecule has 27 heavy (non-hydrogen) atoms. The normalized spacial score (nSPS) is 14.7. The molecule has 1 aliphatic rings.